The fourth-order valence-corrected chi connectivity index (χ4v) is 5.53. The van der Waals surface area contributed by atoms with E-state index in [9.17, 15) is 4.79 Å². The Hall–Kier alpha value is -2.56. The van der Waals surface area contributed by atoms with Gasteiger partial charge >= 0.3 is 0 Å². The fraction of sp³-hybridized carbons (Fsp3) is 0.200. The summed E-state index contributed by atoms with van der Waals surface area (Å²) in [4.78, 5) is 13.0. The number of thioether (sulfide) groups is 2. The lowest BCUT2D eigenvalue weighted by Gasteiger charge is -2.19. The number of hydrogen-bond donors (Lipinski definition) is 0. The Kier molecular flexibility index (Phi) is 5.36. The van der Waals surface area contributed by atoms with E-state index in [0.29, 0.717) is 17.9 Å². The number of hydrazone groups is 1. The van der Waals surface area contributed by atoms with Crippen LogP contribution in [0.4, 0.5) is 0 Å². The number of aromatic nitrogens is 2. The van der Waals surface area contributed by atoms with Crippen molar-refractivity contribution in [2.75, 3.05) is 12.0 Å². The van der Waals surface area contributed by atoms with Gasteiger partial charge in [-0.25, -0.2) is 5.01 Å². The summed E-state index contributed by atoms with van der Waals surface area (Å²) in [5.41, 5.74) is 1.53. The zero-order valence-corrected chi connectivity index (χ0v) is 18.3. The number of hydrogen-bond acceptors (Lipinski definition) is 9. The second kappa shape index (κ2) is 8.29. The van der Waals surface area contributed by atoms with Crippen molar-refractivity contribution >= 4 is 57.4 Å². The normalized spacial score (nSPS) is 16.4. The zero-order chi connectivity index (χ0) is 20.5. The molecule has 0 saturated carbocycles. The highest BCUT2D eigenvalue weighted by Crippen LogP contribution is 2.35. The maximum absolute atomic E-state index is 13.0. The van der Waals surface area contributed by atoms with Crippen molar-refractivity contribution in [3.05, 3.63) is 60.2 Å². The highest BCUT2D eigenvalue weighted by Gasteiger charge is 2.36. The smallest absolute Gasteiger partial charge is 0.253 e. The largest absolute Gasteiger partial charge is 0.467 e. The number of benzene rings is 1. The molecule has 5 rings (SSSR count). The van der Waals surface area contributed by atoms with Crippen LogP contribution >= 0.6 is 34.9 Å². The topological polar surface area (TPSA) is 84.7 Å². The van der Waals surface area contributed by atoms with E-state index in [0.717, 1.165) is 25.4 Å². The number of carbonyl (C=O) groups is 1. The molecule has 0 fully saturated rings. The van der Waals surface area contributed by atoms with Gasteiger partial charge in [-0.15, -0.1) is 10.2 Å². The van der Waals surface area contributed by atoms with Crippen LogP contribution in [0.15, 0.2) is 71.3 Å². The van der Waals surface area contributed by atoms with E-state index in [1.54, 1.807) is 6.26 Å². The molecular formula is C20H16N4O3S3. The average Bonchev–Trinajstić information content (AvgIpc) is 3.55. The third kappa shape index (κ3) is 3.78. The molecule has 1 amide bonds. The van der Waals surface area contributed by atoms with Crippen LogP contribution in [0.5, 0.6) is 0 Å². The molecule has 0 N–H and O–H groups in total. The Bertz CT molecular complexity index is 1180. The van der Waals surface area contributed by atoms with Crippen LogP contribution in [0.25, 0.3) is 11.0 Å². The molecule has 1 unspecified atom stereocenters. The summed E-state index contributed by atoms with van der Waals surface area (Å²) in [5, 5.41) is 15.3. The number of fused-ring (bicyclic) bond motifs is 1. The number of amides is 1. The molecule has 7 nitrogen and oxygen atoms in total. The summed E-state index contributed by atoms with van der Waals surface area (Å²) in [6.45, 7) is 0. The first-order valence-corrected chi connectivity index (χ1v) is 12.2. The van der Waals surface area contributed by atoms with Gasteiger partial charge in [-0.05, 0) is 30.5 Å². The van der Waals surface area contributed by atoms with Gasteiger partial charge in [-0.3, -0.25) is 4.79 Å². The lowest BCUT2D eigenvalue weighted by Crippen LogP contribution is -2.28. The molecule has 4 heterocycles. The Balaban J connectivity index is 1.39. The highest BCUT2D eigenvalue weighted by atomic mass is 32.2. The standard InChI is InChI=1S/C20H16N4O3S3/c1-28-19-21-22-20(30-19)29-11-18(25)24-14(16-7-4-8-26-16)10-13(23-24)17-9-12-5-2-3-6-15(12)27-17/h2-9,14H,10-11H2,1H3. The third-order valence-corrected chi connectivity index (χ3v) is 7.65. The number of nitrogens with zero attached hydrogens (tertiary/aromatic N) is 4. The molecule has 30 heavy (non-hydrogen) atoms. The highest BCUT2D eigenvalue weighted by molar-refractivity contribution is 8.03. The van der Waals surface area contributed by atoms with Crippen LogP contribution in [0.2, 0.25) is 0 Å². The summed E-state index contributed by atoms with van der Waals surface area (Å²) in [5.74, 6) is 1.47. The van der Waals surface area contributed by atoms with Crippen LogP contribution in [0, 0.1) is 0 Å². The Morgan fingerprint density at radius 2 is 2.10 bits per heavy atom. The van der Waals surface area contributed by atoms with Crippen molar-refractivity contribution in [2.45, 2.75) is 21.1 Å². The van der Waals surface area contributed by atoms with Gasteiger partial charge < -0.3 is 8.83 Å². The van der Waals surface area contributed by atoms with Crippen molar-refractivity contribution in [2.24, 2.45) is 5.10 Å². The van der Waals surface area contributed by atoms with Crippen molar-refractivity contribution in [1.29, 1.82) is 0 Å². The molecule has 0 spiro atoms. The predicted molar refractivity (Wildman–Crippen MR) is 118 cm³/mol. The molecular weight excluding hydrogens is 440 g/mol. The van der Waals surface area contributed by atoms with Gasteiger partial charge in [-0.1, -0.05) is 53.1 Å². The molecule has 0 saturated heterocycles. The van der Waals surface area contributed by atoms with Gasteiger partial charge in [0.15, 0.2) is 14.4 Å². The second-order valence-corrected chi connectivity index (χ2v) is 9.75. The number of rotatable bonds is 6. The quantitative estimate of drug-likeness (QED) is 0.375. The first-order valence-electron chi connectivity index (χ1n) is 9.13. The summed E-state index contributed by atoms with van der Waals surface area (Å²) >= 11 is 4.39. The maximum Gasteiger partial charge on any atom is 0.253 e. The molecule has 0 bridgehead atoms. The van der Waals surface area contributed by atoms with Crippen LogP contribution in [-0.2, 0) is 4.79 Å². The van der Waals surface area contributed by atoms with E-state index in [-0.39, 0.29) is 17.7 Å². The lowest BCUT2D eigenvalue weighted by molar-refractivity contribution is -0.130. The van der Waals surface area contributed by atoms with E-state index >= 15 is 0 Å². The van der Waals surface area contributed by atoms with Gasteiger partial charge in [0.2, 0.25) is 0 Å². The van der Waals surface area contributed by atoms with Crippen molar-refractivity contribution < 1.29 is 13.6 Å². The summed E-state index contributed by atoms with van der Waals surface area (Å²) in [6.07, 6.45) is 4.09. The van der Waals surface area contributed by atoms with Crippen LogP contribution in [0.1, 0.15) is 24.0 Å². The molecule has 1 aliphatic rings. The molecule has 1 aliphatic heterocycles. The van der Waals surface area contributed by atoms with E-state index in [2.05, 4.69) is 15.3 Å². The van der Waals surface area contributed by atoms with E-state index in [4.69, 9.17) is 8.83 Å². The number of carbonyl (C=O) groups excluding carboxylic acids is 1. The molecule has 4 aromatic rings. The van der Waals surface area contributed by atoms with Gasteiger partial charge in [0.05, 0.1) is 12.0 Å². The SMILES string of the molecule is CSc1nnc(SCC(=O)N2N=C(c3cc4ccccc4o3)CC2c2ccco2)s1. The van der Waals surface area contributed by atoms with Crippen LogP contribution in [-0.4, -0.2) is 38.8 Å². The van der Waals surface area contributed by atoms with Gasteiger partial charge in [0, 0.05) is 11.8 Å². The number of para-hydroxylation sites is 1. The van der Waals surface area contributed by atoms with Crippen LogP contribution in [0.3, 0.4) is 0 Å². The second-order valence-electron chi connectivity index (χ2n) is 6.50. The summed E-state index contributed by atoms with van der Waals surface area (Å²) in [7, 11) is 0. The number of furan rings is 2. The Morgan fingerprint density at radius 3 is 2.87 bits per heavy atom. The fourth-order valence-electron chi connectivity index (χ4n) is 3.24. The monoisotopic (exact) mass is 456 g/mol. The van der Waals surface area contributed by atoms with Gasteiger partial charge in [0.1, 0.15) is 23.1 Å². The molecule has 0 radical (unpaired) electrons. The first-order chi connectivity index (χ1) is 14.7. The Labute approximate surface area is 184 Å². The molecule has 1 atom stereocenters. The summed E-state index contributed by atoms with van der Waals surface area (Å²) < 4.78 is 13.2. The predicted octanol–water partition coefficient (Wildman–Crippen LogP) is 5.07. The third-order valence-electron chi connectivity index (χ3n) is 4.63. The minimum atomic E-state index is -0.299. The first kappa shape index (κ1) is 19.4. The average molecular weight is 457 g/mol. The minimum Gasteiger partial charge on any atom is -0.467 e. The molecule has 3 aromatic heterocycles. The maximum atomic E-state index is 13.0. The van der Waals surface area contributed by atoms with Gasteiger partial charge in [0.25, 0.3) is 5.91 Å². The molecule has 1 aromatic carbocycles. The van der Waals surface area contributed by atoms with E-state index in [1.807, 2.05) is 48.7 Å². The van der Waals surface area contributed by atoms with E-state index < -0.39 is 0 Å². The van der Waals surface area contributed by atoms with Gasteiger partial charge in [-0.2, -0.15) is 5.10 Å². The van der Waals surface area contributed by atoms with Crippen LogP contribution < -0.4 is 0 Å². The minimum absolute atomic E-state index is 0.117. The van der Waals surface area contributed by atoms with E-state index in [1.165, 1.54) is 39.9 Å². The van der Waals surface area contributed by atoms with Crippen molar-refractivity contribution in [1.82, 2.24) is 15.2 Å². The Morgan fingerprint density at radius 1 is 1.23 bits per heavy atom. The van der Waals surface area contributed by atoms with Crippen molar-refractivity contribution in [3.8, 4) is 0 Å². The van der Waals surface area contributed by atoms with Crippen molar-refractivity contribution in [3.63, 3.8) is 0 Å². The molecule has 10 heteroatoms. The summed E-state index contributed by atoms with van der Waals surface area (Å²) in [6, 6.07) is 13.2. The zero-order valence-electron chi connectivity index (χ0n) is 15.8. The lowest BCUT2D eigenvalue weighted by atomic mass is 10.1. The molecule has 152 valence electrons. The molecule has 0 aliphatic carbocycles.